The van der Waals surface area contributed by atoms with E-state index in [2.05, 4.69) is 16.6 Å². The molecule has 1 aromatic rings. The number of sulfonamides is 1. The van der Waals surface area contributed by atoms with Gasteiger partial charge >= 0.3 is 0 Å². The molecule has 2 N–H and O–H groups in total. The first kappa shape index (κ1) is 18.0. The monoisotopic (exact) mass is 331 g/mol. The number of nitrogens with one attached hydrogen (secondary N) is 1. The average Bonchev–Trinajstić information content (AvgIpc) is 2.43. The summed E-state index contributed by atoms with van der Waals surface area (Å²) in [4.78, 5) is -0.0226. The second kappa shape index (κ2) is 7.25. The molecule has 0 aliphatic carbocycles. The smallest absolute Gasteiger partial charge is 0.242 e. The maximum atomic E-state index is 12.2. The molecule has 116 valence electrons. The van der Waals surface area contributed by atoms with Crippen LogP contribution in [-0.2, 0) is 14.8 Å². The summed E-state index contributed by atoms with van der Waals surface area (Å²) in [6, 6.07) is 4.36. The maximum absolute atomic E-state index is 12.2. The van der Waals surface area contributed by atoms with Crippen molar-refractivity contribution in [2.75, 3.05) is 20.3 Å². The molecule has 0 saturated carbocycles. The summed E-state index contributed by atoms with van der Waals surface area (Å²) < 4.78 is 32.0. The lowest BCUT2D eigenvalue weighted by molar-refractivity contribution is 0.0276. The molecule has 0 unspecified atom stereocenters. The van der Waals surface area contributed by atoms with E-state index in [-0.39, 0.29) is 23.1 Å². The van der Waals surface area contributed by atoms with Crippen molar-refractivity contribution < 1.29 is 18.3 Å². The number of ether oxygens (including phenoxy) is 1. The number of rotatable bonds is 5. The van der Waals surface area contributed by atoms with E-state index in [0.29, 0.717) is 5.56 Å². The van der Waals surface area contributed by atoms with Gasteiger partial charge in [0, 0.05) is 19.2 Å². The first-order valence-corrected chi connectivity index (χ1v) is 8.02. The van der Waals surface area contributed by atoms with E-state index >= 15 is 0 Å². The quantitative estimate of drug-likeness (QED) is 0.799. The highest BCUT2D eigenvalue weighted by Gasteiger charge is 2.23. The lowest BCUT2D eigenvalue weighted by Gasteiger charge is -2.23. The van der Waals surface area contributed by atoms with E-state index in [4.69, 9.17) is 21.4 Å². The molecule has 0 amide bonds. The Balaban J connectivity index is 2.99. The summed E-state index contributed by atoms with van der Waals surface area (Å²) in [5, 5.41) is 8.70. The fourth-order valence-corrected chi connectivity index (χ4v) is 3.10. The molecule has 0 radical (unpaired) electrons. The van der Waals surface area contributed by atoms with Crippen LogP contribution >= 0.6 is 11.6 Å². The first-order valence-electron chi connectivity index (χ1n) is 6.16. The predicted octanol–water partition coefficient (Wildman–Crippen LogP) is 1.39. The second-order valence-corrected chi connectivity index (χ2v) is 7.04. The van der Waals surface area contributed by atoms with Crippen molar-refractivity contribution in [3.05, 3.63) is 28.8 Å². The Morgan fingerprint density at radius 3 is 2.62 bits per heavy atom. The van der Waals surface area contributed by atoms with Crippen molar-refractivity contribution >= 4 is 21.6 Å². The van der Waals surface area contributed by atoms with Gasteiger partial charge in [-0.05, 0) is 32.0 Å². The minimum Gasteiger partial charge on any atom is -0.384 e. The molecule has 0 fully saturated rings. The molecule has 1 aromatic carbocycles. The normalized spacial score (nSPS) is 11.9. The van der Waals surface area contributed by atoms with Gasteiger partial charge in [0.05, 0.1) is 10.6 Å². The first-order chi connectivity index (χ1) is 9.72. The fraction of sp³-hybridized carbons (Fsp3) is 0.429. The molecule has 0 saturated heterocycles. The second-order valence-electron chi connectivity index (χ2n) is 4.89. The van der Waals surface area contributed by atoms with E-state index in [9.17, 15) is 8.42 Å². The number of benzene rings is 1. The molecule has 0 aliphatic rings. The third-order valence-corrected chi connectivity index (χ3v) is 4.66. The van der Waals surface area contributed by atoms with Gasteiger partial charge < -0.3 is 9.84 Å². The van der Waals surface area contributed by atoms with E-state index in [1.807, 2.05) is 0 Å². The minimum absolute atomic E-state index is 0.0226. The van der Waals surface area contributed by atoms with Crippen molar-refractivity contribution in [3.63, 3.8) is 0 Å². The fourth-order valence-electron chi connectivity index (χ4n) is 1.36. The van der Waals surface area contributed by atoms with Crippen LogP contribution in [0.3, 0.4) is 0 Å². The zero-order valence-electron chi connectivity index (χ0n) is 12.1. The molecular weight excluding hydrogens is 314 g/mol. The Morgan fingerprint density at radius 2 is 2.10 bits per heavy atom. The highest BCUT2D eigenvalue weighted by Crippen LogP contribution is 2.22. The van der Waals surface area contributed by atoms with Gasteiger partial charge in [0.2, 0.25) is 10.0 Å². The number of aliphatic hydroxyl groups excluding tert-OH is 1. The van der Waals surface area contributed by atoms with Gasteiger partial charge in [-0.25, -0.2) is 13.1 Å². The van der Waals surface area contributed by atoms with Crippen molar-refractivity contribution in [1.29, 1.82) is 0 Å². The Bertz CT molecular complexity index is 659. The van der Waals surface area contributed by atoms with Crippen LogP contribution in [0, 0.1) is 11.8 Å². The molecule has 0 spiro atoms. The van der Waals surface area contributed by atoms with E-state index in [1.165, 1.54) is 25.3 Å². The predicted molar refractivity (Wildman–Crippen MR) is 81.7 cm³/mol. The van der Waals surface area contributed by atoms with Gasteiger partial charge in [-0.2, -0.15) is 0 Å². The molecule has 1 rings (SSSR count). The van der Waals surface area contributed by atoms with Crippen molar-refractivity contribution in [2.45, 2.75) is 24.3 Å². The standard InChI is InChI=1S/C14H18ClNO4S/c1-14(2,20-3)10-16-21(18,19)13-7-6-11(5-4-8-17)9-12(13)15/h6-7,9,16-17H,8,10H2,1-3H3. The van der Waals surface area contributed by atoms with Crippen LogP contribution in [0.1, 0.15) is 19.4 Å². The summed E-state index contributed by atoms with van der Waals surface area (Å²) in [7, 11) is -2.22. The molecule has 5 nitrogen and oxygen atoms in total. The van der Waals surface area contributed by atoms with Gasteiger partial charge in [0.15, 0.2) is 0 Å². The molecule has 0 aliphatic heterocycles. The molecule has 21 heavy (non-hydrogen) atoms. The Hall–Kier alpha value is -1.10. The molecule has 0 bridgehead atoms. The third-order valence-electron chi connectivity index (χ3n) is 2.77. The van der Waals surface area contributed by atoms with Gasteiger partial charge in [-0.3, -0.25) is 0 Å². The van der Waals surface area contributed by atoms with Gasteiger partial charge in [-0.15, -0.1) is 0 Å². The lowest BCUT2D eigenvalue weighted by Crippen LogP contribution is -2.39. The van der Waals surface area contributed by atoms with Crippen LogP contribution in [0.25, 0.3) is 0 Å². The minimum atomic E-state index is -3.73. The summed E-state index contributed by atoms with van der Waals surface area (Å²) in [6.45, 7) is 3.38. The summed E-state index contributed by atoms with van der Waals surface area (Å²) in [5.74, 6) is 5.13. The topological polar surface area (TPSA) is 75.6 Å². The molecule has 7 heteroatoms. The zero-order chi connectivity index (χ0) is 16.1. The SMILES string of the molecule is COC(C)(C)CNS(=O)(=O)c1ccc(C#CCO)cc1Cl. The van der Waals surface area contributed by atoms with Crippen LogP contribution < -0.4 is 4.72 Å². The van der Waals surface area contributed by atoms with Crippen LogP contribution in [0.5, 0.6) is 0 Å². The Labute approximate surface area is 130 Å². The van der Waals surface area contributed by atoms with E-state index in [0.717, 1.165) is 0 Å². The molecular formula is C14H18ClNO4S. The van der Waals surface area contributed by atoms with Crippen LogP contribution in [-0.4, -0.2) is 39.4 Å². The van der Waals surface area contributed by atoms with Gasteiger partial charge in [0.1, 0.15) is 11.5 Å². The molecule has 0 atom stereocenters. The molecule has 0 heterocycles. The summed E-state index contributed by atoms with van der Waals surface area (Å²) in [6.07, 6.45) is 0. The number of methoxy groups -OCH3 is 1. The number of halogens is 1. The van der Waals surface area contributed by atoms with Crippen LogP contribution in [0.15, 0.2) is 23.1 Å². The number of hydrogen-bond acceptors (Lipinski definition) is 4. The highest BCUT2D eigenvalue weighted by atomic mass is 35.5. The van der Waals surface area contributed by atoms with Gasteiger partial charge in [-0.1, -0.05) is 23.4 Å². The van der Waals surface area contributed by atoms with E-state index < -0.39 is 15.6 Å². The van der Waals surface area contributed by atoms with Crippen LogP contribution in [0.4, 0.5) is 0 Å². The molecule has 0 aromatic heterocycles. The van der Waals surface area contributed by atoms with Crippen molar-refractivity contribution in [3.8, 4) is 11.8 Å². The lowest BCUT2D eigenvalue weighted by atomic mass is 10.1. The number of aliphatic hydroxyl groups is 1. The highest BCUT2D eigenvalue weighted by molar-refractivity contribution is 7.89. The Kier molecular flexibility index (Phi) is 6.20. The maximum Gasteiger partial charge on any atom is 0.242 e. The largest absolute Gasteiger partial charge is 0.384 e. The van der Waals surface area contributed by atoms with E-state index in [1.54, 1.807) is 13.8 Å². The summed E-state index contributed by atoms with van der Waals surface area (Å²) in [5.41, 5.74) is -0.0863. The zero-order valence-corrected chi connectivity index (χ0v) is 13.7. The third kappa shape index (κ3) is 5.30. The summed E-state index contributed by atoms with van der Waals surface area (Å²) >= 11 is 6.00. The van der Waals surface area contributed by atoms with Crippen LogP contribution in [0.2, 0.25) is 5.02 Å². The van der Waals surface area contributed by atoms with Crippen molar-refractivity contribution in [2.24, 2.45) is 0 Å². The average molecular weight is 332 g/mol. The van der Waals surface area contributed by atoms with Gasteiger partial charge in [0.25, 0.3) is 0 Å². The van der Waals surface area contributed by atoms with Crippen molar-refractivity contribution in [1.82, 2.24) is 4.72 Å². The number of hydrogen-bond donors (Lipinski definition) is 2. The Morgan fingerprint density at radius 1 is 1.43 bits per heavy atom.